The SMILES string of the molecule is C/C(C=O)=C/c1cccs1. The van der Waals surface area contributed by atoms with Crippen molar-refractivity contribution in [3.05, 3.63) is 28.0 Å². The van der Waals surface area contributed by atoms with Crippen molar-refractivity contribution in [3.63, 3.8) is 0 Å². The van der Waals surface area contributed by atoms with Gasteiger partial charge in [0.1, 0.15) is 6.29 Å². The molecule has 0 spiro atoms. The number of rotatable bonds is 2. The van der Waals surface area contributed by atoms with Crippen LogP contribution in [0.1, 0.15) is 11.8 Å². The van der Waals surface area contributed by atoms with Crippen molar-refractivity contribution < 1.29 is 4.79 Å². The smallest absolute Gasteiger partial charge is 0.145 e. The lowest BCUT2D eigenvalue weighted by molar-refractivity contribution is -0.104. The summed E-state index contributed by atoms with van der Waals surface area (Å²) in [7, 11) is 0. The number of allylic oxidation sites excluding steroid dienone is 1. The topological polar surface area (TPSA) is 17.1 Å². The fraction of sp³-hybridized carbons (Fsp3) is 0.125. The van der Waals surface area contributed by atoms with E-state index in [4.69, 9.17) is 0 Å². The molecule has 2 heteroatoms. The van der Waals surface area contributed by atoms with E-state index in [0.717, 1.165) is 16.7 Å². The molecule has 0 bridgehead atoms. The second kappa shape index (κ2) is 3.32. The van der Waals surface area contributed by atoms with E-state index in [-0.39, 0.29) is 0 Å². The molecular formula is C8H8OS. The molecule has 52 valence electrons. The van der Waals surface area contributed by atoms with Crippen LogP contribution in [0.25, 0.3) is 6.08 Å². The van der Waals surface area contributed by atoms with Crippen LogP contribution < -0.4 is 0 Å². The Kier molecular flexibility index (Phi) is 2.40. The second-order valence-electron chi connectivity index (χ2n) is 2.02. The van der Waals surface area contributed by atoms with E-state index in [1.807, 2.05) is 23.6 Å². The quantitative estimate of drug-likeness (QED) is 0.469. The second-order valence-corrected chi connectivity index (χ2v) is 3.00. The normalized spacial score (nSPS) is 11.5. The average molecular weight is 152 g/mol. The Bertz CT molecular complexity index is 234. The zero-order valence-corrected chi connectivity index (χ0v) is 6.52. The summed E-state index contributed by atoms with van der Waals surface area (Å²) in [6.45, 7) is 1.80. The summed E-state index contributed by atoms with van der Waals surface area (Å²) in [4.78, 5) is 11.3. The molecule has 1 aromatic rings. The molecule has 0 amide bonds. The van der Waals surface area contributed by atoms with E-state index >= 15 is 0 Å². The molecule has 0 aromatic carbocycles. The van der Waals surface area contributed by atoms with E-state index in [9.17, 15) is 4.79 Å². The molecule has 0 aliphatic rings. The van der Waals surface area contributed by atoms with Gasteiger partial charge in [-0.3, -0.25) is 4.79 Å². The predicted molar refractivity (Wildman–Crippen MR) is 44.0 cm³/mol. The summed E-state index contributed by atoms with van der Waals surface area (Å²) in [6, 6.07) is 3.95. The van der Waals surface area contributed by atoms with Crippen LogP contribution >= 0.6 is 11.3 Å². The van der Waals surface area contributed by atoms with Crippen molar-refractivity contribution in [1.29, 1.82) is 0 Å². The lowest BCUT2D eigenvalue weighted by atomic mass is 10.3. The molecule has 1 rings (SSSR count). The Morgan fingerprint density at radius 2 is 2.50 bits per heavy atom. The van der Waals surface area contributed by atoms with Gasteiger partial charge in [-0.1, -0.05) is 6.07 Å². The Hall–Kier alpha value is -0.890. The van der Waals surface area contributed by atoms with Crippen LogP contribution in [-0.2, 0) is 4.79 Å². The summed E-state index contributed by atoms with van der Waals surface area (Å²) in [5.41, 5.74) is 0.766. The zero-order valence-electron chi connectivity index (χ0n) is 5.70. The van der Waals surface area contributed by atoms with Crippen molar-refractivity contribution >= 4 is 23.7 Å². The van der Waals surface area contributed by atoms with Crippen LogP contribution in [0.5, 0.6) is 0 Å². The van der Waals surface area contributed by atoms with Gasteiger partial charge in [0.25, 0.3) is 0 Å². The van der Waals surface area contributed by atoms with Crippen LogP contribution in [0.4, 0.5) is 0 Å². The predicted octanol–water partition coefficient (Wildman–Crippen LogP) is 2.35. The molecule has 0 N–H and O–H groups in total. The fourth-order valence-corrected chi connectivity index (χ4v) is 1.36. The number of hydrogen-bond acceptors (Lipinski definition) is 2. The third-order valence-electron chi connectivity index (χ3n) is 1.10. The highest BCUT2D eigenvalue weighted by atomic mass is 32.1. The number of aldehydes is 1. The van der Waals surface area contributed by atoms with Gasteiger partial charge >= 0.3 is 0 Å². The molecule has 0 aliphatic carbocycles. The number of hydrogen-bond donors (Lipinski definition) is 0. The largest absolute Gasteiger partial charge is 0.298 e. The Balaban J connectivity index is 2.80. The van der Waals surface area contributed by atoms with Gasteiger partial charge in [0, 0.05) is 4.88 Å². The lowest BCUT2D eigenvalue weighted by Crippen LogP contribution is -1.72. The summed E-state index contributed by atoms with van der Waals surface area (Å²) < 4.78 is 0. The first-order chi connectivity index (χ1) is 4.83. The van der Waals surface area contributed by atoms with Gasteiger partial charge in [0.2, 0.25) is 0 Å². The summed E-state index contributed by atoms with van der Waals surface area (Å²) >= 11 is 1.63. The van der Waals surface area contributed by atoms with Gasteiger partial charge in [-0.25, -0.2) is 0 Å². The van der Waals surface area contributed by atoms with Gasteiger partial charge < -0.3 is 0 Å². The summed E-state index contributed by atoms with van der Waals surface area (Å²) in [5, 5.41) is 1.99. The number of carbonyl (C=O) groups is 1. The van der Waals surface area contributed by atoms with Crippen molar-refractivity contribution in [1.82, 2.24) is 0 Å². The van der Waals surface area contributed by atoms with E-state index in [0.29, 0.717) is 0 Å². The number of thiophene rings is 1. The van der Waals surface area contributed by atoms with Crippen molar-refractivity contribution in [2.45, 2.75) is 6.92 Å². The molecule has 0 unspecified atom stereocenters. The van der Waals surface area contributed by atoms with Crippen LogP contribution in [0, 0.1) is 0 Å². The van der Waals surface area contributed by atoms with E-state index in [2.05, 4.69) is 0 Å². The maximum atomic E-state index is 10.2. The fourth-order valence-electron chi connectivity index (χ4n) is 0.632. The minimum absolute atomic E-state index is 0.766. The molecule has 0 saturated heterocycles. The molecule has 0 saturated carbocycles. The van der Waals surface area contributed by atoms with Gasteiger partial charge in [-0.15, -0.1) is 11.3 Å². The van der Waals surface area contributed by atoms with Crippen LogP contribution in [0.2, 0.25) is 0 Å². The van der Waals surface area contributed by atoms with Crippen LogP contribution in [0.3, 0.4) is 0 Å². The molecule has 0 fully saturated rings. The molecule has 1 heterocycles. The molecule has 1 nitrogen and oxygen atoms in total. The highest BCUT2D eigenvalue weighted by Gasteiger charge is 1.87. The highest BCUT2D eigenvalue weighted by molar-refractivity contribution is 7.10. The van der Waals surface area contributed by atoms with Gasteiger partial charge in [-0.2, -0.15) is 0 Å². The lowest BCUT2D eigenvalue weighted by Gasteiger charge is -1.83. The maximum absolute atomic E-state index is 10.2. The summed E-state index contributed by atoms with van der Waals surface area (Å²) in [6.07, 6.45) is 2.73. The molecule has 1 aromatic heterocycles. The third kappa shape index (κ3) is 1.81. The zero-order chi connectivity index (χ0) is 7.40. The van der Waals surface area contributed by atoms with Crippen molar-refractivity contribution in [2.24, 2.45) is 0 Å². The van der Waals surface area contributed by atoms with Gasteiger partial charge in [0.05, 0.1) is 0 Å². The van der Waals surface area contributed by atoms with Crippen molar-refractivity contribution in [2.75, 3.05) is 0 Å². The molecular weight excluding hydrogens is 144 g/mol. The standard InChI is InChI=1S/C8H8OS/c1-7(6-9)5-8-3-2-4-10-8/h2-6H,1H3/b7-5-. The van der Waals surface area contributed by atoms with Gasteiger partial charge in [-0.05, 0) is 30.0 Å². The first kappa shape index (κ1) is 7.22. The number of carbonyl (C=O) groups excluding carboxylic acids is 1. The highest BCUT2D eigenvalue weighted by Crippen LogP contribution is 2.11. The summed E-state index contributed by atoms with van der Waals surface area (Å²) in [5.74, 6) is 0. The molecule has 10 heavy (non-hydrogen) atoms. The Morgan fingerprint density at radius 3 is 3.00 bits per heavy atom. The molecule has 0 radical (unpaired) electrons. The minimum Gasteiger partial charge on any atom is -0.298 e. The van der Waals surface area contributed by atoms with Gasteiger partial charge in [0.15, 0.2) is 0 Å². The molecule has 0 atom stereocenters. The maximum Gasteiger partial charge on any atom is 0.145 e. The third-order valence-corrected chi connectivity index (χ3v) is 1.92. The monoisotopic (exact) mass is 152 g/mol. The Labute approximate surface area is 64.0 Å². The average Bonchev–Trinajstić information content (AvgIpc) is 2.40. The van der Waals surface area contributed by atoms with Crippen molar-refractivity contribution in [3.8, 4) is 0 Å². The first-order valence-electron chi connectivity index (χ1n) is 3.00. The van der Waals surface area contributed by atoms with E-state index < -0.39 is 0 Å². The van der Waals surface area contributed by atoms with E-state index in [1.165, 1.54) is 0 Å². The first-order valence-corrected chi connectivity index (χ1v) is 3.88. The Morgan fingerprint density at radius 1 is 1.70 bits per heavy atom. The van der Waals surface area contributed by atoms with Crippen LogP contribution in [0.15, 0.2) is 23.1 Å². The van der Waals surface area contributed by atoms with E-state index in [1.54, 1.807) is 18.3 Å². The van der Waals surface area contributed by atoms with Crippen LogP contribution in [-0.4, -0.2) is 6.29 Å². The minimum atomic E-state index is 0.766. The molecule has 0 aliphatic heterocycles.